The number of nitrogens with one attached hydrogen (secondary N) is 1. The zero-order valence-corrected chi connectivity index (χ0v) is 10.1. The molecule has 0 aromatic heterocycles. The fourth-order valence-corrected chi connectivity index (χ4v) is 1.96. The first kappa shape index (κ1) is 12.8. The van der Waals surface area contributed by atoms with Gasteiger partial charge in [-0.1, -0.05) is 18.7 Å². The molecule has 3 nitrogen and oxygen atoms in total. The number of benzene rings is 1. The van der Waals surface area contributed by atoms with Gasteiger partial charge in [0.1, 0.15) is 5.82 Å². The second-order valence-electron chi connectivity index (χ2n) is 4.36. The summed E-state index contributed by atoms with van der Waals surface area (Å²) in [6.45, 7) is 4.84. The summed E-state index contributed by atoms with van der Waals surface area (Å²) in [6, 6.07) is 4.70. The number of carbonyl (C=O) groups excluding carboxylic acids is 1. The van der Waals surface area contributed by atoms with Crippen molar-refractivity contribution in [3.8, 4) is 0 Å². The molecule has 1 aromatic carbocycles. The standard InChI is InChI=1S/C14H16FNO2/c1-2-10-3-4-13(15)11(7-10)8-14(17)16-12-5-6-18-9-12/h2-4,7,12H,1,5-6,8-9H2,(H,16,17). The number of ether oxygens (including phenoxy) is 1. The molecule has 1 aromatic rings. The van der Waals surface area contributed by atoms with Crippen LogP contribution in [0.15, 0.2) is 24.8 Å². The van der Waals surface area contributed by atoms with Gasteiger partial charge in [0.15, 0.2) is 0 Å². The molecule has 1 atom stereocenters. The molecule has 96 valence electrons. The molecular weight excluding hydrogens is 233 g/mol. The topological polar surface area (TPSA) is 38.3 Å². The van der Waals surface area contributed by atoms with Crippen LogP contribution in [0.25, 0.3) is 6.08 Å². The number of halogens is 1. The Morgan fingerprint density at radius 2 is 2.44 bits per heavy atom. The highest BCUT2D eigenvalue weighted by atomic mass is 19.1. The minimum Gasteiger partial charge on any atom is -0.379 e. The molecule has 1 heterocycles. The van der Waals surface area contributed by atoms with Crippen molar-refractivity contribution in [3.63, 3.8) is 0 Å². The number of hydrogen-bond acceptors (Lipinski definition) is 2. The van der Waals surface area contributed by atoms with Crippen LogP contribution in [-0.4, -0.2) is 25.2 Å². The Morgan fingerprint density at radius 3 is 3.11 bits per heavy atom. The van der Waals surface area contributed by atoms with Crippen molar-refractivity contribution >= 4 is 12.0 Å². The van der Waals surface area contributed by atoms with E-state index in [2.05, 4.69) is 11.9 Å². The Labute approximate surface area is 106 Å². The van der Waals surface area contributed by atoms with E-state index in [-0.39, 0.29) is 24.2 Å². The molecule has 18 heavy (non-hydrogen) atoms. The highest BCUT2D eigenvalue weighted by Gasteiger charge is 2.18. The fraction of sp³-hybridized carbons (Fsp3) is 0.357. The fourth-order valence-electron chi connectivity index (χ4n) is 1.96. The van der Waals surface area contributed by atoms with Gasteiger partial charge in [0.25, 0.3) is 0 Å². The van der Waals surface area contributed by atoms with Crippen molar-refractivity contribution in [2.45, 2.75) is 18.9 Å². The molecule has 2 rings (SSSR count). The predicted molar refractivity (Wildman–Crippen MR) is 67.6 cm³/mol. The summed E-state index contributed by atoms with van der Waals surface area (Å²) in [4.78, 5) is 11.8. The predicted octanol–water partition coefficient (Wildman–Crippen LogP) is 1.92. The van der Waals surface area contributed by atoms with Crippen LogP contribution in [-0.2, 0) is 16.0 Å². The van der Waals surface area contributed by atoms with E-state index in [1.807, 2.05) is 0 Å². The maximum absolute atomic E-state index is 13.5. The molecule has 1 fully saturated rings. The van der Waals surface area contributed by atoms with Gasteiger partial charge in [0, 0.05) is 6.61 Å². The summed E-state index contributed by atoms with van der Waals surface area (Å²) < 4.78 is 18.7. The Balaban J connectivity index is 1.99. The summed E-state index contributed by atoms with van der Waals surface area (Å²) >= 11 is 0. The van der Waals surface area contributed by atoms with Crippen LogP contribution < -0.4 is 5.32 Å². The van der Waals surface area contributed by atoms with Gasteiger partial charge >= 0.3 is 0 Å². The Hall–Kier alpha value is -1.68. The summed E-state index contributed by atoms with van der Waals surface area (Å²) in [7, 11) is 0. The number of rotatable bonds is 4. The lowest BCUT2D eigenvalue weighted by Gasteiger charge is -2.11. The molecule has 1 saturated heterocycles. The van der Waals surface area contributed by atoms with Crippen LogP contribution in [0.1, 0.15) is 17.5 Å². The average molecular weight is 249 g/mol. The molecule has 1 amide bonds. The van der Waals surface area contributed by atoms with E-state index in [1.165, 1.54) is 6.07 Å². The van der Waals surface area contributed by atoms with Crippen LogP contribution in [0.2, 0.25) is 0 Å². The minimum absolute atomic E-state index is 0.0456. The third-order valence-corrected chi connectivity index (χ3v) is 2.95. The normalized spacial score (nSPS) is 18.6. The summed E-state index contributed by atoms with van der Waals surface area (Å²) in [6.07, 6.45) is 2.50. The van der Waals surface area contributed by atoms with Gasteiger partial charge in [-0.3, -0.25) is 4.79 Å². The first-order chi connectivity index (χ1) is 8.69. The van der Waals surface area contributed by atoms with E-state index < -0.39 is 0 Å². The van der Waals surface area contributed by atoms with Crippen molar-refractivity contribution in [3.05, 3.63) is 41.7 Å². The summed E-state index contributed by atoms with van der Waals surface area (Å²) in [5, 5.41) is 2.84. The van der Waals surface area contributed by atoms with Crippen molar-refractivity contribution in [2.75, 3.05) is 13.2 Å². The number of hydrogen-bond donors (Lipinski definition) is 1. The van der Waals surface area contributed by atoms with E-state index >= 15 is 0 Å². The zero-order chi connectivity index (χ0) is 13.0. The van der Waals surface area contributed by atoms with Crippen molar-refractivity contribution in [1.29, 1.82) is 0 Å². The van der Waals surface area contributed by atoms with Gasteiger partial charge in [-0.2, -0.15) is 0 Å². The first-order valence-electron chi connectivity index (χ1n) is 5.97. The third-order valence-electron chi connectivity index (χ3n) is 2.95. The number of amides is 1. The molecule has 0 radical (unpaired) electrons. The van der Waals surface area contributed by atoms with Crippen molar-refractivity contribution < 1.29 is 13.9 Å². The zero-order valence-electron chi connectivity index (χ0n) is 10.1. The third kappa shape index (κ3) is 3.17. The molecule has 1 aliphatic rings. The summed E-state index contributed by atoms with van der Waals surface area (Å²) in [5.74, 6) is -0.538. The highest BCUT2D eigenvalue weighted by molar-refractivity contribution is 5.79. The molecule has 0 bridgehead atoms. The molecule has 4 heteroatoms. The SMILES string of the molecule is C=Cc1ccc(F)c(CC(=O)NC2CCOC2)c1. The van der Waals surface area contributed by atoms with Gasteiger partial charge in [-0.05, 0) is 29.7 Å². The van der Waals surface area contributed by atoms with Crippen LogP contribution in [0.3, 0.4) is 0 Å². The second-order valence-corrected chi connectivity index (χ2v) is 4.36. The molecule has 0 spiro atoms. The molecule has 0 aliphatic carbocycles. The van der Waals surface area contributed by atoms with Gasteiger partial charge < -0.3 is 10.1 Å². The average Bonchev–Trinajstić information content (AvgIpc) is 2.84. The maximum Gasteiger partial charge on any atom is 0.224 e. The maximum atomic E-state index is 13.5. The molecule has 1 aliphatic heterocycles. The van der Waals surface area contributed by atoms with Crippen LogP contribution in [0.5, 0.6) is 0 Å². The van der Waals surface area contributed by atoms with Gasteiger partial charge in [-0.25, -0.2) is 4.39 Å². The van der Waals surface area contributed by atoms with E-state index in [0.717, 1.165) is 12.0 Å². The van der Waals surface area contributed by atoms with Crippen LogP contribution in [0, 0.1) is 5.82 Å². The lowest BCUT2D eigenvalue weighted by Crippen LogP contribution is -2.36. The van der Waals surface area contributed by atoms with E-state index in [1.54, 1.807) is 18.2 Å². The molecule has 1 unspecified atom stereocenters. The summed E-state index contributed by atoms with van der Waals surface area (Å²) in [5.41, 5.74) is 1.20. The number of carbonyl (C=O) groups is 1. The second kappa shape index (κ2) is 5.78. The molecular formula is C14H16FNO2. The van der Waals surface area contributed by atoms with Crippen molar-refractivity contribution in [1.82, 2.24) is 5.32 Å². The lowest BCUT2D eigenvalue weighted by atomic mass is 10.1. The van der Waals surface area contributed by atoms with Gasteiger partial charge in [0.05, 0.1) is 19.1 Å². The molecule has 1 N–H and O–H groups in total. The van der Waals surface area contributed by atoms with E-state index in [0.29, 0.717) is 18.8 Å². The van der Waals surface area contributed by atoms with E-state index in [9.17, 15) is 9.18 Å². The van der Waals surface area contributed by atoms with E-state index in [4.69, 9.17) is 4.74 Å². The smallest absolute Gasteiger partial charge is 0.224 e. The Bertz CT molecular complexity index is 453. The van der Waals surface area contributed by atoms with Gasteiger partial charge in [0.2, 0.25) is 5.91 Å². The Kier molecular flexibility index (Phi) is 4.10. The quantitative estimate of drug-likeness (QED) is 0.885. The first-order valence-corrected chi connectivity index (χ1v) is 5.97. The molecule has 0 saturated carbocycles. The van der Waals surface area contributed by atoms with Crippen LogP contribution in [0.4, 0.5) is 4.39 Å². The van der Waals surface area contributed by atoms with Crippen molar-refractivity contribution in [2.24, 2.45) is 0 Å². The monoisotopic (exact) mass is 249 g/mol. The van der Waals surface area contributed by atoms with Gasteiger partial charge in [-0.15, -0.1) is 0 Å². The van der Waals surface area contributed by atoms with Crippen LogP contribution >= 0.6 is 0 Å². The Morgan fingerprint density at radius 1 is 1.61 bits per heavy atom. The lowest BCUT2D eigenvalue weighted by molar-refractivity contribution is -0.121. The highest BCUT2D eigenvalue weighted by Crippen LogP contribution is 2.13. The minimum atomic E-state index is -0.363. The largest absolute Gasteiger partial charge is 0.379 e.